The van der Waals surface area contributed by atoms with E-state index >= 15 is 0 Å². The third-order valence-corrected chi connectivity index (χ3v) is 1.54. The topological polar surface area (TPSA) is 34.9 Å². The molecule has 0 saturated carbocycles. The molecule has 0 fully saturated rings. The summed E-state index contributed by atoms with van der Waals surface area (Å²) < 4.78 is 1.55. The first-order valence-electron chi connectivity index (χ1n) is 2.96. The van der Waals surface area contributed by atoms with Crippen LogP contribution in [0.4, 0.5) is 0 Å². The number of aldehydes is 1. The van der Waals surface area contributed by atoms with E-state index in [4.69, 9.17) is 11.6 Å². The molecular weight excluding hydrogens is 152 g/mol. The molecule has 1 aromatic rings. The number of carbonyl (C=O) groups is 1. The molecule has 1 aromatic heterocycles. The maximum atomic E-state index is 10.3. The van der Waals surface area contributed by atoms with Gasteiger partial charge in [0.2, 0.25) is 0 Å². The number of halogens is 1. The molecule has 10 heavy (non-hydrogen) atoms. The highest BCUT2D eigenvalue weighted by molar-refractivity contribution is 6.32. The molecule has 1 rings (SSSR count). The highest BCUT2D eigenvalue weighted by Gasteiger charge is 2.04. The molecule has 0 radical (unpaired) electrons. The van der Waals surface area contributed by atoms with Gasteiger partial charge >= 0.3 is 0 Å². The first-order valence-corrected chi connectivity index (χ1v) is 3.34. The minimum Gasteiger partial charge on any atom is -0.296 e. The van der Waals surface area contributed by atoms with Crippen molar-refractivity contribution in [3.05, 3.63) is 16.9 Å². The SMILES string of the molecule is CCn1ncc(Cl)c1C=O. The van der Waals surface area contributed by atoms with Crippen LogP contribution >= 0.6 is 11.6 Å². The summed E-state index contributed by atoms with van der Waals surface area (Å²) in [6.45, 7) is 2.57. The van der Waals surface area contributed by atoms with Gasteiger partial charge in [0.15, 0.2) is 6.29 Å². The van der Waals surface area contributed by atoms with Gasteiger partial charge < -0.3 is 0 Å². The van der Waals surface area contributed by atoms with Gasteiger partial charge in [-0.1, -0.05) is 11.6 Å². The molecule has 0 N–H and O–H groups in total. The van der Waals surface area contributed by atoms with Crippen LogP contribution in [0.2, 0.25) is 5.02 Å². The smallest absolute Gasteiger partial charge is 0.169 e. The molecule has 54 valence electrons. The Bertz CT molecular complexity index is 244. The Morgan fingerprint density at radius 1 is 1.90 bits per heavy atom. The van der Waals surface area contributed by atoms with Gasteiger partial charge in [-0.2, -0.15) is 5.10 Å². The second-order valence-corrected chi connectivity index (χ2v) is 2.22. The van der Waals surface area contributed by atoms with Crippen LogP contribution < -0.4 is 0 Å². The fourth-order valence-electron chi connectivity index (χ4n) is 0.741. The third-order valence-electron chi connectivity index (χ3n) is 1.24. The van der Waals surface area contributed by atoms with Crippen LogP contribution in [-0.4, -0.2) is 16.1 Å². The lowest BCUT2D eigenvalue weighted by Gasteiger charge is -1.95. The van der Waals surface area contributed by atoms with Crippen molar-refractivity contribution in [3.8, 4) is 0 Å². The van der Waals surface area contributed by atoms with E-state index in [2.05, 4.69) is 5.10 Å². The number of aromatic nitrogens is 2. The number of hydrogen-bond acceptors (Lipinski definition) is 2. The maximum Gasteiger partial charge on any atom is 0.169 e. The summed E-state index contributed by atoms with van der Waals surface area (Å²) in [5.41, 5.74) is 0.448. The lowest BCUT2D eigenvalue weighted by Crippen LogP contribution is -2.00. The van der Waals surface area contributed by atoms with Crippen molar-refractivity contribution in [1.29, 1.82) is 0 Å². The predicted molar refractivity (Wildman–Crippen MR) is 38.3 cm³/mol. The number of carbonyl (C=O) groups excluding carboxylic acids is 1. The Kier molecular flexibility index (Phi) is 2.06. The minimum atomic E-state index is 0.414. The van der Waals surface area contributed by atoms with Gasteiger partial charge in [0, 0.05) is 6.54 Å². The van der Waals surface area contributed by atoms with Gasteiger partial charge in [-0.25, -0.2) is 0 Å². The van der Waals surface area contributed by atoms with Gasteiger partial charge in [-0.15, -0.1) is 0 Å². The van der Waals surface area contributed by atoms with Gasteiger partial charge in [0.05, 0.1) is 11.2 Å². The normalized spacial score (nSPS) is 9.80. The lowest BCUT2D eigenvalue weighted by molar-refractivity contribution is 0.111. The average Bonchev–Trinajstić information content (AvgIpc) is 2.30. The molecule has 4 heteroatoms. The van der Waals surface area contributed by atoms with Crippen molar-refractivity contribution in [2.75, 3.05) is 0 Å². The van der Waals surface area contributed by atoms with Crippen LogP contribution in [0.5, 0.6) is 0 Å². The monoisotopic (exact) mass is 158 g/mol. The Morgan fingerprint density at radius 2 is 2.60 bits per heavy atom. The summed E-state index contributed by atoms with van der Waals surface area (Å²) in [6.07, 6.45) is 2.17. The average molecular weight is 159 g/mol. The highest BCUT2D eigenvalue weighted by atomic mass is 35.5. The second kappa shape index (κ2) is 2.84. The Hall–Kier alpha value is -0.830. The molecule has 0 spiro atoms. The van der Waals surface area contributed by atoms with Crippen molar-refractivity contribution in [2.24, 2.45) is 0 Å². The van der Waals surface area contributed by atoms with E-state index in [0.29, 0.717) is 23.5 Å². The van der Waals surface area contributed by atoms with Gasteiger partial charge in [0.25, 0.3) is 0 Å². The molecule has 0 bridgehead atoms. The number of nitrogens with zero attached hydrogens (tertiary/aromatic N) is 2. The Labute approximate surface area is 63.6 Å². The molecule has 3 nitrogen and oxygen atoms in total. The quantitative estimate of drug-likeness (QED) is 0.610. The number of hydrogen-bond donors (Lipinski definition) is 0. The van der Waals surface area contributed by atoms with Gasteiger partial charge in [-0.05, 0) is 6.92 Å². The van der Waals surface area contributed by atoms with E-state index in [9.17, 15) is 4.79 Å². The molecule has 0 aliphatic heterocycles. The highest BCUT2D eigenvalue weighted by Crippen LogP contribution is 2.11. The van der Waals surface area contributed by atoms with Crippen LogP contribution in [0.1, 0.15) is 17.4 Å². The van der Waals surface area contributed by atoms with E-state index in [-0.39, 0.29) is 0 Å². The van der Waals surface area contributed by atoms with Crippen LogP contribution in [-0.2, 0) is 6.54 Å². The molecule has 0 atom stereocenters. The first-order chi connectivity index (χ1) is 4.79. The molecule has 0 aromatic carbocycles. The summed E-state index contributed by atoms with van der Waals surface area (Å²) in [4.78, 5) is 10.3. The van der Waals surface area contributed by atoms with Crippen molar-refractivity contribution in [3.63, 3.8) is 0 Å². The summed E-state index contributed by atoms with van der Waals surface area (Å²) in [5.74, 6) is 0. The maximum absolute atomic E-state index is 10.3. The fraction of sp³-hybridized carbons (Fsp3) is 0.333. The Morgan fingerprint density at radius 3 is 3.00 bits per heavy atom. The second-order valence-electron chi connectivity index (χ2n) is 1.81. The molecule has 0 aliphatic rings. The molecule has 1 heterocycles. The minimum absolute atomic E-state index is 0.414. The summed E-state index contributed by atoms with van der Waals surface area (Å²) in [5, 5.41) is 4.27. The summed E-state index contributed by atoms with van der Waals surface area (Å²) >= 11 is 5.61. The zero-order chi connectivity index (χ0) is 7.56. The van der Waals surface area contributed by atoms with Gasteiger partial charge in [0.1, 0.15) is 5.69 Å². The zero-order valence-corrected chi connectivity index (χ0v) is 6.30. The van der Waals surface area contributed by atoms with Crippen molar-refractivity contribution < 1.29 is 4.79 Å². The van der Waals surface area contributed by atoms with Crippen LogP contribution in [0.25, 0.3) is 0 Å². The van der Waals surface area contributed by atoms with Crippen LogP contribution in [0, 0.1) is 0 Å². The number of rotatable bonds is 2. The summed E-state index contributed by atoms with van der Waals surface area (Å²) in [6, 6.07) is 0. The zero-order valence-electron chi connectivity index (χ0n) is 5.54. The van der Waals surface area contributed by atoms with E-state index in [1.807, 2.05) is 6.92 Å². The first kappa shape index (κ1) is 7.28. The van der Waals surface area contributed by atoms with E-state index in [0.717, 1.165) is 0 Å². The molecule has 0 saturated heterocycles. The lowest BCUT2D eigenvalue weighted by atomic mass is 10.5. The number of aryl methyl sites for hydroxylation is 1. The van der Waals surface area contributed by atoms with E-state index < -0.39 is 0 Å². The molecule has 0 unspecified atom stereocenters. The van der Waals surface area contributed by atoms with Crippen LogP contribution in [0.3, 0.4) is 0 Å². The predicted octanol–water partition coefficient (Wildman–Crippen LogP) is 1.37. The largest absolute Gasteiger partial charge is 0.296 e. The summed E-state index contributed by atoms with van der Waals surface area (Å²) in [7, 11) is 0. The van der Waals surface area contributed by atoms with Crippen molar-refractivity contribution >= 4 is 17.9 Å². The van der Waals surface area contributed by atoms with E-state index in [1.165, 1.54) is 6.20 Å². The fourth-order valence-corrected chi connectivity index (χ4v) is 0.927. The molecule has 0 aliphatic carbocycles. The van der Waals surface area contributed by atoms with Crippen molar-refractivity contribution in [1.82, 2.24) is 9.78 Å². The van der Waals surface area contributed by atoms with E-state index in [1.54, 1.807) is 4.68 Å². The third kappa shape index (κ3) is 1.04. The van der Waals surface area contributed by atoms with Gasteiger partial charge in [-0.3, -0.25) is 9.48 Å². The molecule has 0 amide bonds. The standard InChI is InChI=1S/C6H7ClN2O/c1-2-9-6(4-10)5(7)3-8-9/h3-4H,2H2,1H3. The van der Waals surface area contributed by atoms with Crippen LogP contribution in [0.15, 0.2) is 6.20 Å². The van der Waals surface area contributed by atoms with Crippen molar-refractivity contribution in [2.45, 2.75) is 13.5 Å². The Balaban J connectivity index is 3.12. The molecular formula is C6H7ClN2O.